The number of hydrogen-bond donors (Lipinski definition) is 0. The number of thiazole rings is 1. The van der Waals surface area contributed by atoms with Crippen molar-refractivity contribution in [3.05, 3.63) is 68.1 Å². The van der Waals surface area contributed by atoms with E-state index >= 15 is 0 Å². The lowest BCUT2D eigenvalue weighted by molar-refractivity contribution is 0.890. The molecule has 1 aromatic heterocycles. The second kappa shape index (κ2) is 8.09. The van der Waals surface area contributed by atoms with Crippen molar-refractivity contribution in [2.75, 3.05) is 11.6 Å². The summed E-state index contributed by atoms with van der Waals surface area (Å²) in [7, 11) is 0. The van der Waals surface area contributed by atoms with Crippen LogP contribution in [0.4, 0.5) is 5.13 Å². The molecule has 0 amide bonds. The van der Waals surface area contributed by atoms with Crippen LogP contribution in [-0.4, -0.2) is 17.7 Å². The van der Waals surface area contributed by atoms with E-state index in [0.717, 1.165) is 28.5 Å². The Bertz CT molecular complexity index is 863. The molecule has 0 bridgehead atoms. The van der Waals surface area contributed by atoms with Crippen LogP contribution < -0.4 is 5.01 Å². The molecule has 122 valence electrons. The second-order valence-corrected chi connectivity index (χ2v) is 7.38. The van der Waals surface area contributed by atoms with E-state index in [4.69, 9.17) is 16.6 Å². The van der Waals surface area contributed by atoms with Crippen LogP contribution in [0, 0.1) is 3.57 Å². The van der Waals surface area contributed by atoms with Gasteiger partial charge in [-0.15, -0.1) is 11.3 Å². The van der Waals surface area contributed by atoms with Gasteiger partial charge in [0.1, 0.15) is 0 Å². The van der Waals surface area contributed by atoms with Gasteiger partial charge in [0.15, 0.2) is 0 Å². The highest BCUT2D eigenvalue weighted by Gasteiger charge is 2.11. The summed E-state index contributed by atoms with van der Waals surface area (Å²) in [4.78, 5) is 4.69. The summed E-state index contributed by atoms with van der Waals surface area (Å²) >= 11 is 10.1. The molecule has 3 nitrogen and oxygen atoms in total. The Labute approximate surface area is 164 Å². The first-order valence-corrected chi connectivity index (χ1v) is 9.79. The Morgan fingerprint density at radius 1 is 1.21 bits per heavy atom. The molecule has 0 aliphatic carbocycles. The van der Waals surface area contributed by atoms with Gasteiger partial charge in [-0.2, -0.15) is 5.10 Å². The van der Waals surface area contributed by atoms with Crippen LogP contribution in [0.2, 0.25) is 5.02 Å². The number of anilines is 1. The van der Waals surface area contributed by atoms with Crippen LogP contribution in [0.5, 0.6) is 0 Å². The third-order valence-corrected chi connectivity index (χ3v) is 5.57. The monoisotopic (exact) mass is 467 g/mol. The third kappa shape index (κ3) is 3.96. The molecule has 0 spiro atoms. The molecule has 3 aromatic rings. The molecule has 0 saturated carbocycles. The summed E-state index contributed by atoms with van der Waals surface area (Å²) in [5, 5.41) is 10.1. The summed E-state index contributed by atoms with van der Waals surface area (Å²) in [6.45, 7) is 2.80. The Morgan fingerprint density at radius 2 is 1.96 bits per heavy atom. The maximum Gasteiger partial charge on any atom is 0.206 e. The molecule has 0 atom stereocenters. The molecular weight excluding hydrogens is 453 g/mol. The zero-order chi connectivity index (χ0) is 16.9. The Balaban J connectivity index is 1.85. The summed E-state index contributed by atoms with van der Waals surface area (Å²) in [5.41, 5.74) is 2.92. The Hall–Kier alpha value is -1.44. The van der Waals surface area contributed by atoms with Gasteiger partial charge in [-0.05, 0) is 41.6 Å². The van der Waals surface area contributed by atoms with Gasteiger partial charge in [0.2, 0.25) is 5.13 Å². The molecule has 6 heteroatoms. The summed E-state index contributed by atoms with van der Waals surface area (Å²) in [5.74, 6) is 0. The van der Waals surface area contributed by atoms with Crippen LogP contribution in [0.3, 0.4) is 0 Å². The standard InChI is InChI=1S/C18H15ClIN3S/c1-2-23(21-11-13-7-3-6-10-16(13)20)18-22-17(12-24-18)14-8-4-5-9-15(14)19/h3-12H,2H2,1H3/b21-11+. The highest BCUT2D eigenvalue weighted by Crippen LogP contribution is 2.31. The van der Waals surface area contributed by atoms with Gasteiger partial charge < -0.3 is 0 Å². The summed E-state index contributed by atoms with van der Waals surface area (Å²) in [6, 6.07) is 15.9. The van der Waals surface area contributed by atoms with Crippen LogP contribution in [0.25, 0.3) is 11.3 Å². The minimum absolute atomic E-state index is 0.708. The number of aromatic nitrogens is 1. The number of halogens is 2. The fourth-order valence-electron chi connectivity index (χ4n) is 2.15. The molecule has 0 aliphatic heterocycles. The first-order chi connectivity index (χ1) is 11.7. The van der Waals surface area contributed by atoms with E-state index in [-0.39, 0.29) is 0 Å². The smallest absolute Gasteiger partial charge is 0.206 e. The van der Waals surface area contributed by atoms with Gasteiger partial charge in [-0.25, -0.2) is 9.99 Å². The lowest BCUT2D eigenvalue weighted by Crippen LogP contribution is -2.15. The molecule has 0 saturated heterocycles. The van der Waals surface area contributed by atoms with Crippen molar-refractivity contribution in [2.45, 2.75) is 6.92 Å². The molecule has 0 aliphatic rings. The average molecular weight is 468 g/mol. The second-order valence-electron chi connectivity index (χ2n) is 4.98. The number of benzene rings is 2. The van der Waals surface area contributed by atoms with Gasteiger partial charge in [-0.3, -0.25) is 0 Å². The van der Waals surface area contributed by atoms with Gasteiger partial charge in [0.05, 0.1) is 11.9 Å². The van der Waals surface area contributed by atoms with Gasteiger partial charge in [-0.1, -0.05) is 48.0 Å². The SMILES string of the molecule is CCN(/N=C/c1ccccc1I)c1nc(-c2ccccc2Cl)cs1. The molecule has 3 rings (SSSR count). The largest absolute Gasteiger partial charge is 0.239 e. The molecule has 0 N–H and O–H groups in total. The van der Waals surface area contributed by atoms with Crippen molar-refractivity contribution >= 4 is 56.9 Å². The Morgan fingerprint density at radius 3 is 2.71 bits per heavy atom. The normalized spacial score (nSPS) is 11.1. The first-order valence-electron chi connectivity index (χ1n) is 7.45. The predicted octanol–water partition coefficient (Wildman–Crippen LogP) is 5.93. The molecule has 0 radical (unpaired) electrons. The first kappa shape index (κ1) is 17.4. The topological polar surface area (TPSA) is 28.5 Å². The lowest BCUT2D eigenvalue weighted by Gasteiger charge is -2.12. The van der Waals surface area contributed by atoms with E-state index in [1.165, 1.54) is 3.57 Å². The van der Waals surface area contributed by atoms with E-state index in [2.05, 4.69) is 46.7 Å². The molecule has 1 heterocycles. The van der Waals surface area contributed by atoms with Crippen molar-refractivity contribution in [3.8, 4) is 11.3 Å². The van der Waals surface area contributed by atoms with Crippen molar-refractivity contribution in [2.24, 2.45) is 5.10 Å². The number of rotatable bonds is 5. The molecule has 0 unspecified atom stereocenters. The average Bonchev–Trinajstić information content (AvgIpc) is 3.07. The van der Waals surface area contributed by atoms with E-state index in [9.17, 15) is 0 Å². The Kier molecular flexibility index (Phi) is 5.86. The maximum absolute atomic E-state index is 6.26. The predicted molar refractivity (Wildman–Crippen MR) is 112 cm³/mol. The van der Waals surface area contributed by atoms with Crippen LogP contribution in [-0.2, 0) is 0 Å². The van der Waals surface area contributed by atoms with Crippen molar-refractivity contribution < 1.29 is 0 Å². The van der Waals surface area contributed by atoms with E-state index in [1.807, 2.05) is 53.0 Å². The van der Waals surface area contributed by atoms with Crippen molar-refractivity contribution in [1.29, 1.82) is 0 Å². The van der Waals surface area contributed by atoms with Crippen LogP contribution >= 0.6 is 45.5 Å². The summed E-state index contributed by atoms with van der Waals surface area (Å²) < 4.78 is 1.17. The van der Waals surface area contributed by atoms with E-state index in [1.54, 1.807) is 11.3 Å². The van der Waals surface area contributed by atoms with Gasteiger partial charge in [0.25, 0.3) is 0 Å². The van der Waals surface area contributed by atoms with Crippen molar-refractivity contribution in [1.82, 2.24) is 4.98 Å². The van der Waals surface area contributed by atoms with Crippen LogP contribution in [0.1, 0.15) is 12.5 Å². The minimum Gasteiger partial charge on any atom is -0.239 e. The fourth-order valence-corrected chi connectivity index (χ4v) is 3.76. The highest BCUT2D eigenvalue weighted by atomic mass is 127. The molecule has 24 heavy (non-hydrogen) atoms. The molecular formula is C18H15ClIN3S. The zero-order valence-corrected chi connectivity index (χ0v) is 16.7. The molecule has 2 aromatic carbocycles. The third-order valence-electron chi connectivity index (χ3n) is 3.40. The van der Waals surface area contributed by atoms with E-state index in [0.29, 0.717) is 5.02 Å². The summed E-state index contributed by atoms with van der Waals surface area (Å²) in [6.07, 6.45) is 1.88. The van der Waals surface area contributed by atoms with Gasteiger partial charge in [0, 0.05) is 31.6 Å². The van der Waals surface area contributed by atoms with E-state index < -0.39 is 0 Å². The fraction of sp³-hybridized carbons (Fsp3) is 0.111. The quantitative estimate of drug-likeness (QED) is 0.264. The van der Waals surface area contributed by atoms with Gasteiger partial charge >= 0.3 is 0 Å². The van der Waals surface area contributed by atoms with Crippen LogP contribution in [0.15, 0.2) is 59.0 Å². The zero-order valence-electron chi connectivity index (χ0n) is 13.0. The number of hydrogen-bond acceptors (Lipinski definition) is 4. The van der Waals surface area contributed by atoms with Crippen molar-refractivity contribution in [3.63, 3.8) is 0 Å². The number of hydrazone groups is 1. The maximum atomic E-state index is 6.26. The minimum atomic E-state index is 0.708. The lowest BCUT2D eigenvalue weighted by atomic mass is 10.2. The highest BCUT2D eigenvalue weighted by molar-refractivity contribution is 14.1. The number of nitrogens with zero attached hydrogens (tertiary/aromatic N) is 3. The molecule has 0 fully saturated rings.